The molecule has 0 spiro atoms. The minimum Gasteiger partial charge on any atom is -0.507 e. The van der Waals surface area contributed by atoms with Gasteiger partial charge in [-0.2, -0.15) is 0 Å². The molecule has 1 aliphatic heterocycles. The Morgan fingerprint density at radius 1 is 1.15 bits per heavy atom. The Kier molecular flexibility index (Phi) is 5.58. The van der Waals surface area contributed by atoms with Crippen LogP contribution >= 0.6 is 11.6 Å². The number of nitrogens with zero attached hydrogens (tertiary/aromatic N) is 3. The van der Waals surface area contributed by atoms with Crippen LogP contribution in [-0.2, 0) is 9.59 Å². The molecule has 0 radical (unpaired) electrons. The van der Waals surface area contributed by atoms with Gasteiger partial charge in [0.25, 0.3) is 11.7 Å². The van der Waals surface area contributed by atoms with Gasteiger partial charge in [-0.15, -0.1) is 0 Å². The van der Waals surface area contributed by atoms with E-state index in [1.54, 1.807) is 48.8 Å². The van der Waals surface area contributed by atoms with Gasteiger partial charge in [0.1, 0.15) is 5.76 Å². The molecule has 1 fully saturated rings. The quantitative estimate of drug-likeness (QED) is 0.486. The molecule has 1 N–H and O–H groups in total. The molecule has 3 rings (SSSR count). The van der Waals surface area contributed by atoms with Crippen LogP contribution in [0.1, 0.15) is 17.2 Å². The molecule has 6 nitrogen and oxygen atoms in total. The van der Waals surface area contributed by atoms with E-state index < -0.39 is 17.7 Å². The summed E-state index contributed by atoms with van der Waals surface area (Å²) in [6.45, 7) is 0.956. The Balaban J connectivity index is 2.12. The van der Waals surface area contributed by atoms with Gasteiger partial charge >= 0.3 is 0 Å². The van der Waals surface area contributed by atoms with E-state index in [2.05, 4.69) is 4.98 Å². The summed E-state index contributed by atoms with van der Waals surface area (Å²) >= 11 is 5.91. The van der Waals surface area contributed by atoms with E-state index in [9.17, 15) is 14.7 Å². The number of pyridine rings is 1. The van der Waals surface area contributed by atoms with Gasteiger partial charge in [-0.05, 0) is 56.1 Å². The van der Waals surface area contributed by atoms with Gasteiger partial charge in [0.15, 0.2) is 0 Å². The number of benzene rings is 1. The molecule has 27 heavy (non-hydrogen) atoms. The monoisotopic (exact) mass is 385 g/mol. The largest absolute Gasteiger partial charge is 0.507 e. The minimum absolute atomic E-state index is 0.0762. The predicted molar refractivity (Wildman–Crippen MR) is 103 cm³/mol. The van der Waals surface area contributed by atoms with Crippen molar-refractivity contribution in [1.29, 1.82) is 0 Å². The molecular weight excluding hydrogens is 366 g/mol. The van der Waals surface area contributed by atoms with Gasteiger partial charge in [-0.25, -0.2) is 0 Å². The number of likely N-dealkylation sites (tertiary alicyclic amines) is 1. The highest BCUT2D eigenvalue weighted by Crippen LogP contribution is 2.39. The predicted octanol–water partition coefficient (Wildman–Crippen LogP) is 2.72. The van der Waals surface area contributed by atoms with Gasteiger partial charge < -0.3 is 14.9 Å². The lowest BCUT2D eigenvalue weighted by molar-refractivity contribution is -0.140. The van der Waals surface area contributed by atoms with Crippen LogP contribution in [-0.4, -0.2) is 58.8 Å². The fourth-order valence-corrected chi connectivity index (χ4v) is 3.20. The fraction of sp³-hybridized carbons (Fsp3) is 0.250. The standard InChI is InChI=1S/C20H20ClN3O3/c1-23(2)11-12-24-17(13-7-9-22-10-8-13)16(19(26)20(24)27)18(25)14-3-5-15(21)6-4-14/h3-10,17,25H,11-12H2,1-2H3/b18-16+/t17-/m1/s1. The Hall–Kier alpha value is -2.70. The van der Waals surface area contributed by atoms with E-state index in [1.165, 1.54) is 4.90 Å². The van der Waals surface area contributed by atoms with E-state index >= 15 is 0 Å². The van der Waals surface area contributed by atoms with Crippen LogP contribution in [0.2, 0.25) is 5.02 Å². The van der Waals surface area contributed by atoms with Crippen molar-refractivity contribution in [2.75, 3.05) is 27.2 Å². The zero-order valence-electron chi connectivity index (χ0n) is 15.1. The van der Waals surface area contributed by atoms with Crippen LogP contribution in [0.25, 0.3) is 5.76 Å². The van der Waals surface area contributed by atoms with Crippen LogP contribution in [0.4, 0.5) is 0 Å². The molecule has 1 aliphatic rings. The Labute approximate surface area is 162 Å². The number of aliphatic hydroxyl groups excluding tert-OH is 1. The SMILES string of the molecule is CN(C)CCN1C(=O)C(=O)/C(=C(/O)c2ccc(Cl)cc2)[C@H]1c1ccncc1. The molecule has 2 heterocycles. The number of Topliss-reactive ketones (excluding diaryl/α,β-unsaturated/α-hetero) is 1. The summed E-state index contributed by atoms with van der Waals surface area (Å²) in [4.78, 5) is 32.9. The summed E-state index contributed by atoms with van der Waals surface area (Å²) in [5, 5.41) is 11.4. The van der Waals surface area contributed by atoms with Crippen molar-refractivity contribution in [1.82, 2.24) is 14.8 Å². The van der Waals surface area contributed by atoms with E-state index in [1.807, 2.05) is 19.0 Å². The third-order valence-corrected chi connectivity index (χ3v) is 4.72. The highest BCUT2D eigenvalue weighted by molar-refractivity contribution is 6.46. The van der Waals surface area contributed by atoms with Crippen LogP contribution in [0, 0.1) is 0 Å². The molecule has 1 atom stereocenters. The van der Waals surface area contributed by atoms with Crippen LogP contribution in [0.15, 0.2) is 54.4 Å². The summed E-state index contributed by atoms with van der Waals surface area (Å²) in [5.74, 6) is -1.52. The van der Waals surface area contributed by atoms with Crippen molar-refractivity contribution in [2.45, 2.75) is 6.04 Å². The second-order valence-electron chi connectivity index (χ2n) is 6.58. The molecule has 0 bridgehead atoms. The Bertz CT molecular complexity index is 879. The maximum atomic E-state index is 12.8. The van der Waals surface area contributed by atoms with Crippen molar-refractivity contribution < 1.29 is 14.7 Å². The molecule has 1 aromatic heterocycles. The maximum absolute atomic E-state index is 12.8. The average Bonchev–Trinajstić information content (AvgIpc) is 2.91. The summed E-state index contributed by atoms with van der Waals surface area (Å²) < 4.78 is 0. The Morgan fingerprint density at radius 2 is 1.78 bits per heavy atom. The molecule has 7 heteroatoms. The third-order valence-electron chi connectivity index (χ3n) is 4.47. The Morgan fingerprint density at radius 3 is 2.37 bits per heavy atom. The van der Waals surface area contributed by atoms with Gasteiger partial charge in [0, 0.05) is 36.1 Å². The zero-order chi connectivity index (χ0) is 19.6. The molecule has 1 saturated heterocycles. The fourth-order valence-electron chi connectivity index (χ4n) is 3.07. The third kappa shape index (κ3) is 3.86. The molecular formula is C20H20ClN3O3. The summed E-state index contributed by atoms with van der Waals surface area (Å²) in [6, 6.07) is 9.31. The second-order valence-corrected chi connectivity index (χ2v) is 7.02. The van der Waals surface area contributed by atoms with Gasteiger partial charge in [-0.1, -0.05) is 11.6 Å². The van der Waals surface area contributed by atoms with Gasteiger partial charge in [0.2, 0.25) is 0 Å². The van der Waals surface area contributed by atoms with Crippen LogP contribution in [0.5, 0.6) is 0 Å². The number of rotatable bonds is 5. The lowest BCUT2D eigenvalue weighted by atomic mass is 9.96. The van der Waals surface area contributed by atoms with E-state index in [0.717, 1.165) is 5.56 Å². The maximum Gasteiger partial charge on any atom is 0.295 e. The molecule has 0 saturated carbocycles. The number of carbonyl (C=O) groups excluding carboxylic acids is 2. The van der Waals surface area contributed by atoms with Crippen molar-refractivity contribution >= 4 is 29.1 Å². The lowest BCUT2D eigenvalue weighted by Crippen LogP contribution is -2.35. The number of ketones is 1. The molecule has 1 aromatic carbocycles. The van der Waals surface area contributed by atoms with Crippen molar-refractivity contribution in [3.8, 4) is 0 Å². The van der Waals surface area contributed by atoms with E-state index in [0.29, 0.717) is 23.7 Å². The summed E-state index contributed by atoms with van der Waals surface area (Å²) in [6.07, 6.45) is 3.20. The number of carbonyl (C=O) groups is 2. The first-order valence-electron chi connectivity index (χ1n) is 8.49. The van der Waals surface area contributed by atoms with Gasteiger partial charge in [0.05, 0.1) is 11.6 Å². The second kappa shape index (κ2) is 7.90. The first-order valence-corrected chi connectivity index (χ1v) is 8.87. The first kappa shape index (κ1) is 19.1. The number of aromatic nitrogens is 1. The number of hydrogen-bond donors (Lipinski definition) is 1. The van der Waals surface area contributed by atoms with E-state index in [-0.39, 0.29) is 11.3 Å². The molecule has 0 aliphatic carbocycles. The zero-order valence-corrected chi connectivity index (χ0v) is 15.8. The lowest BCUT2D eigenvalue weighted by Gasteiger charge is -2.26. The number of hydrogen-bond acceptors (Lipinski definition) is 5. The highest BCUT2D eigenvalue weighted by atomic mass is 35.5. The summed E-state index contributed by atoms with van der Waals surface area (Å²) in [7, 11) is 3.79. The average molecular weight is 386 g/mol. The van der Waals surface area contributed by atoms with Crippen LogP contribution in [0.3, 0.4) is 0 Å². The first-order chi connectivity index (χ1) is 12.9. The summed E-state index contributed by atoms with van der Waals surface area (Å²) in [5.41, 5.74) is 1.23. The number of aliphatic hydroxyl groups is 1. The van der Waals surface area contributed by atoms with Crippen molar-refractivity contribution in [2.24, 2.45) is 0 Å². The number of likely N-dealkylation sites (N-methyl/N-ethyl adjacent to an activating group) is 1. The molecule has 0 unspecified atom stereocenters. The molecule has 1 amide bonds. The van der Waals surface area contributed by atoms with Crippen LogP contribution < -0.4 is 0 Å². The molecule has 2 aromatic rings. The van der Waals surface area contributed by atoms with Crippen molar-refractivity contribution in [3.05, 3.63) is 70.5 Å². The topological polar surface area (TPSA) is 73.7 Å². The van der Waals surface area contributed by atoms with Crippen molar-refractivity contribution in [3.63, 3.8) is 0 Å². The van der Waals surface area contributed by atoms with E-state index in [4.69, 9.17) is 11.6 Å². The normalized spacial score (nSPS) is 19.1. The highest BCUT2D eigenvalue weighted by Gasteiger charge is 2.45. The van der Waals surface area contributed by atoms with Gasteiger partial charge in [-0.3, -0.25) is 14.6 Å². The minimum atomic E-state index is -0.692. The number of amides is 1. The number of halogens is 1. The molecule has 140 valence electrons. The smallest absolute Gasteiger partial charge is 0.295 e.